The molecule has 0 aromatic heterocycles. The van der Waals surface area contributed by atoms with Gasteiger partial charge in [-0.1, -0.05) is 13.3 Å². The van der Waals surface area contributed by atoms with Gasteiger partial charge in [0.2, 0.25) is 0 Å². The van der Waals surface area contributed by atoms with E-state index in [1.54, 1.807) is 0 Å². The van der Waals surface area contributed by atoms with E-state index in [2.05, 4.69) is 0 Å². The van der Waals surface area contributed by atoms with Gasteiger partial charge in [0, 0.05) is 0 Å². The fourth-order valence-electron chi connectivity index (χ4n) is 0.519. The third-order valence-corrected chi connectivity index (χ3v) is 2.35. The maximum absolute atomic E-state index is 9.91. The van der Waals surface area contributed by atoms with E-state index in [0.29, 0.717) is 5.75 Å². The molecule has 0 amide bonds. The Balaban J connectivity index is 3.25. The molecule has 0 aromatic rings. The Bertz CT molecular complexity index is 105. The first-order valence-electron chi connectivity index (χ1n) is 3.23. The first kappa shape index (κ1) is 9.78. The summed E-state index contributed by atoms with van der Waals surface area (Å²) in [6.07, 6.45) is 1.87. The Kier molecular flexibility index (Phi) is 5.43. The van der Waals surface area contributed by atoms with Crippen LogP contribution in [-0.2, 0) is 16.0 Å². The predicted octanol–water partition coefficient (Wildman–Crippen LogP) is -0.372. The molecule has 0 bridgehead atoms. The molecule has 0 fully saturated rings. The Morgan fingerprint density at radius 1 is 1.70 bits per heavy atom. The molecule has 1 unspecified atom stereocenters. The van der Waals surface area contributed by atoms with Crippen molar-refractivity contribution < 1.29 is 14.5 Å². The molecule has 4 heteroatoms. The van der Waals surface area contributed by atoms with Gasteiger partial charge in [0.1, 0.15) is 16.9 Å². The van der Waals surface area contributed by atoms with Crippen LogP contribution in [0, 0.1) is 0 Å². The SMILES string of the molecule is CCCC[S+](O)CC(=O)[O-]. The van der Waals surface area contributed by atoms with Crippen molar-refractivity contribution in [3.05, 3.63) is 0 Å². The standard InChI is InChI=1S/C6H12O3S/c1-2-3-4-10(9)5-6(7)8/h9H,2-5H2,1H3. The van der Waals surface area contributed by atoms with E-state index >= 15 is 0 Å². The highest BCUT2D eigenvalue weighted by Crippen LogP contribution is 1.95. The fourth-order valence-corrected chi connectivity index (χ4v) is 1.56. The van der Waals surface area contributed by atoms with E-state index in [4.69, 9.17) is 4.55 Å². The van der Waals surface area contributed by atoms with Crippen molar-refractivity contribution >= 4 is 17.1 Å². The minimum absolute atomic E-state index is 0.208. The quantitative estimate of drug-likeness (QED) is 0.564. The first-order valence-corrected chi connectivity index (χ1v) is 4.75. The smallest absolute Gasteiger partial charge is 0.180 e. The predicted molar refractivity (Wildman–Crippen MR) is 39.6 cm³/mol. The summed E-state index contributed by atoms with van der Waals surface area (Å²) < 4.78 is 8.96. The highest BCUT2D eigenvalue weighted by Gasteiger charge is 2.13. The highest BCUT2D eigenvalue weighted by molar-refractivity contribution is 7.92. The second-order valence-corrected chi connectivity index (χ2v) is 3.66. The molecule has 0 aliphatic carbocycles. The third-order valence-electron chi connectivity index (χ3n) is 1.02. The van der Waals surface area contributed by atoms with Gasteiger partial charge >= 0.3 is 0 Å². The maximum atomic E-state index is 9.91. The number of rotatable bonds is 5. The number of hydrogen-bond acceptors (Lipinski definition) is 3. The van der Waals surface area contributed by atoms with Crippen molar-refractivity contribution in [2.75, 3.05) is 11.5 Å². The van der Waals surface area contributed by atoms with Crippen LogP contribution in [0.1, 0.15) is 19.8 Å². The lowest BCUT2D eigenvalue weighted by Gasteiger charge is -1.98. The molecule has 0 radical (unpaired) electrons. The average Bonchev–Trinajstić information content (AvgIpc) is 1.82. The van der Waals surface area contributed by atoms with Crippen LogP contribution in [0.4, 0.5) is 0 Å². The van der Waals surface area contributed by atoms with Crippen LogP contribution in [0.2, 0.25) is 0 Å². The molecular weight excluding hydrogens is 152 g/mol. The lowest BCUT2D eigenvalue weighted by atomic mass is 10.4. The summed E-state index contributed by atoms with van der Waals surface area (Å²) in [5.41, 5.74) is 0. The van der Waals surface area contributed by atoms with Gasteiger partial charge in [-0.2, -0.15) is 4.55 Å². The highest BCUT2D eigenvalue weighted by atomic mass is 32.2. The van der Waals surface area contributed by atoms with Crippen molar-refractivity contribution in [3.8, 4) is 0 Å². The molecule has 10 heavy (non-hydrogen) atoms. The summed E-state index contributed by atoms with van der Waals surface area (Å²) >= 11 is -0.962. The second kappa shape index (κ2) is 5.56. The van der Waals surface area contributed by atoms with Crippen LogP contribution >= 0.6 is 0 Å². The number of carboxylic acid groups (broad SMARTS) is 1. The second-order valence-electron chi connectivity index (χ2n) is 2.04. The van der Waals surface area contributed by atoms with E-state index in [-0.39, 0.29) is 5.75 Å². The molecule has 0 aliphatic rings. The van der Waals surface area contributed by atoms with Crippen LogP contribution in [0.5, 0.6) is 0 Å². The van der Waals surface area contributed by atoms with Crippen LogP contribution in [-0.4, -0.2) is 22.0 Å². The summed E-state index contributed by atoms with van der Waals surface area (Å²) in [5, 5.41) is 9.91. The minimum Gasteiger partial charge on any atom is -0.545 e. The number of carbonyl (C=O) groups is 1. The topological polar surface area (TPSA) is 60.4 Å². The van der Waals surface area contributed by atoms with Gasteiger partial charge in [0.05, 0.1) is 5.97 Å². The summed E-state index contributed by atoms with van der Waals surface area (Å²) in [7, 11) is 0. The Morgan fingerprint density at radius 2 is 2.30 bits per heavy atom. The Morgan fingerprint density at radius 3 is 2.70 bits per heavy atom. The number of hydrogen-bond donors (Lipinski definition) is 1. The van der Waals surface area contributed by atoms with Crippen molar-refractivity contribution in [1.82, 2.24) is 0 Å². The van der Waals surface area contributed by atoms with E-state index in [1.165, 1.54) is 0 Å². The molecule has 0 spiro atoms. The zero-order valence-corrected chi connectivity index (χ0v) is 6.82. The molecule has 60 valence electrons. The van der Waals surface area contributed by atoms with Crippen LogP contribution in [0.3, 0.4) is 0 Å². The lowest BCUT2D eigenvalue weighted by molar-refractivity contribution is -0.301. The zero-order chi connectivity index (χ0) is 7.98. The molecule has 1 N–H and O–H groups in total. The Hall–Kier alpha value is -0.220. The monoisotopic (exact) mass is 164 g/mol. The van der Waals surface area contributed by atoms with Gasteiger partial charge in [0.25, 0.3) is 0 Å². The van der Waals surface area contributed by atoms with Crippen LogP contribution in [0.25, 0.3) is 0 Å². The number of aliphatic carboxylic acids is 1. The normalized spacial score (nSPS) is 13.0. The van der Waals surface area contributed by atoms with Crippen molar-refractivity contribution in [1.29, 1.82) is 0 Å². The van der Waals surface area contributed by atoms with Crippen LogP contribution < -0.4 is 5.11 Å². The zero-order valence-electron chi connectivity index (χ0n) is 6.00. The number of carbonyl (C=O) groups excluding carboxylic acids is 1. The van der Waals surface area contributed by atoms with Gasteiger partial charge in [0.15, 0.2) is 5.75 Å². The van der Waals surface area contributed by atoms with Gasteiger partial charge < -0.3 is 9.90 Å². The molecule has 0 rings (SSSR count). The van der Waals surface area contributed by atoms with E-state index in [1.807, 2.05) is 6.92 Å². The molecule has 3 nitrogen and oxygen atoms in total. The van der Waals surface area contributed by atoms with Crippen molar-refractivity contribution in [3.63, 3.8) is 0 Å². The number of carboxylic acids is 1. The number of unbranched alkanes of at least 4 members (excludes halogenated alkanes) is 1. The van der Waals surface area contributed by atoms with Gasteiger partial charge in [-0.05, 0) is 6.42 Å². The van der Waals surface area contributed by atoms with E-state index < -0.39 is 17.1 Å². The van der Waals surface area contributed by atoms with E-state index in [0.717, 1.165) is 12.8 Å². The molecule has 1 atom stereocenters. The summed E-state index contributed by atoms with van der Waals surface area (Å²) in [6, 6.07) is 0. The maximum Gasteiger partial charge on any atom is 0.180 e. The molecule has 0 aliphatic heterocycles. The summed E-state index contributed by atoms with van der Waals surface area (Å²) in [6.45, 7) is 2.00. The molecular formula is C6H12O3S. The van der Waals surface area contributed by atoms with E-state index in [9.17, 15) is 9.90 Å². The summed E-state index contributed by atoms with van der Waals surface area (Å²) in [4.78, 5) is 9.91. The molecule has 0 saturated heterocycles. The largest absolute Gasteiger partial charge is 0.545 e. The summed E-state index contributed by atoms with van der Waals surface area (Å²) in [5.74, 6) is -0.785. The molecule has 0 saturated carbocycles. The fraction of sp³-hybridized carbons (Fsp3) is 0.833. The molecule has 0 aromatic carbocycles. The average molecular weight is 164 g/mol. The first-order chi connectivity index (χ1) is 4.66. The molecule has 0 heterocycles. The van der Waals surface area contributed by atoms with Crippen LogP contribution in [0.15, 0.2) is 0 Å². The van der Waals surface area contributed by atoms with Gasteiger partial charge in [-0.25, -0.2) is 0 Å². The third kappa shape index (κ3) is 5.91. The van der Waals surface area contributed by atoms with Crippen molar-refractivity contribution in [2.45, 2.75) is 19.8 Å². The van der Waals surface area contributed by atoms with Gasteiger partial charge in [-0.15, -0.1) is 0 Å². The lowest BCUT2D eigenvalue weighted by Crippen LogP contribution is -2.31. The minimum atomic E-state index is -1.16. The Labute approximate surface area is 63.6 Å². The van der Waals surface area contributed by atoms with Crippen molar-refractivity contribution in [2.24, 2.45) is 0 Å². The van der Waals surface area contributed by atoms with Gasteiger partial charge in [-0.3, -0.25) is 0 Å².